The summed E-state index contributed by atoms with van der Waals surface area (Å²) >= 11 is 8.90. The molecule has 4 aromatic rings. The minimum absolute atomic E-state index is 0.559. The van der Waals surface area contributed by atoms with E-state index in [1.54, 1.807) is 0 Å². The normalized spacial score (nSPS) is 23.0. The fourth-order valence-corrected chi connectivity index (χ4v) is 27.7. The predicted octanol–water partition coefficient (Wildman–Crippen LogP) is 10.9. The van der Waals surface area contributed by atoms with Crippen LogP contribution in [0.3, 0.4) is 0 Å². The van der Waals surface area contributed by atoms with Gasteiger partial charge in [0.2, 0.25) is 0 Å². The molecule has 0 aliphatic carbocycles. The van der Waals surface area contributed by atoms with Crippen LogP contribution in [-0.4, -0.2) is 10.6 Å². The SMILES string of the molecule is Clc1ccccc1C1=P[C](c2ccccc2)([Zr]([Cl])([Cl])[C]2(c3ccccc3)C=CC(c3ccccc3Cl)=P2)C=C1. The molecule has 4 aromatic carbocycles. The molecule has 2 heterocycles. The van der Waals surface area contributed by atoms with Gasteiger partial charge in [0.25, 0.3) is 0 Å². The molecule has 7 heteroatoms. The molecule has 2 aliphatic heterocycles. The molecule has 2 atom stereocenters. The van der Waals surface area contributed by atoms with E-state index in [0.29, 0.717) is 0 Å². The quantitative estimate of drug-likeness (QED) is 0.176. The zero-order valence-corrected chi connectivity index (χ0v) is 27.9. The molecule has 0 nitrogen and oxygen atoms in total. The van der Waals surface area contributed by atoms with Gasteiger partial charge in [-0.2, -0.15) is 0 Å². The summed E-state index contributed by atoms with van der Waals surface area (Å²) in [5.41, 5.74) is 4.30. The van der Waals surface area contributed by atoms with Crippen LogP contribution in [0.2, 0.25) is 10.0 Å². The topological polar surface area (TPSA) is 0 Å². The van der Waals surface area contributed by atoms with Gasteiger partial charge in [0.15, 0.2) is 0 Å². The van der Waals surface area contributed by atoms with Crippen LogP contribution < -0.4 is 0 Å². The van der Waals surface area contributed by atoms with Gasteiger partial charge in [-0.25, -0.2) is 0 Å². The summed E-state index contributed by atoms with van der Waals surface area (Å²) in [7, 11) is 18.3. The van der Waals surface area contributed by atoms with Crippen molar-refractivity contribution in [1.29, 1.82) is 0 Å². The van der Waals surface area contributed by atoms with Gasteiger partial charge >= 0.3 is 257 Å². The molecular weight excluding hydrogens is 679 g/mol. The molecule has 0 spiro atoms. The summed E-state index contributed by atoms with van der Waals surface area (Å²) < 4.78 is -1.12. The van der Waals surface area contributed by atoms with Crippen molar-refractivity contribution < 1.29 is 17.9 Å². The first-order valence-corrected chi connectivity index (χ1v) is 23.8. The van der Waals surface area contributed by atoms with Crippen LogP contribution in [0.1, 0.15) is 22.3 Å². The molecular formula is C32H22Cl4P2Zr. The van der Waals surface area contributed by atoms with E-state index >= 15 is 0 Å². The third-order valence-corrected chi connectivity index (χ3v) is 33.4. The van der Waals surface area contributed by atoms with Crippen molar-refractivity contribution in [2.24, 2.45) is 0 Å². The van der Waals surface area contributed by atoms with Crippen molar-refractivity contribution in [3.8, 4) is 0 Å². The van der Waals surface area contributed by atoms with E-state index in [4.69, 9.17) is 40.2 Å². The summed E-state index contributed by atoms with van der Waals surface area (Å²) in [5.74, 6) is 0. The third kappa shape index (κ3) is 4.74. The van der Waals surface area contributed by atoms with Gasteiger partial charge in [-0.05, 0) is 0 Å². The Morgan fingerprint density at radius 2 is 0.846 bits per heavy atom. The molecule has 6 rings (SSSR count). The maximum atomic E-state index is 8.08. The van der Waals surface area contributed by atoms with Crippen LogP contribution in [-0.2, 0) is 23.6 Å². The summed E-state index contributed by atoms with van der Waals surface area (Å²) in [4.78, 5) is 0. The van der Waals surface area contributed by atoms with Gasteiger partial charge < -0.3 is 0 Å². The van der Waals surface area contributed by atoms with Crippen molar-refractivity contribution in [1.82, 2.24) is 0 Å². The van der Waals surface area contributed by atoms with Gasteiger partial charge in [0, 0.05) is 0 Å². The molecule has 0 radical (unpaired) electrons. The number of hydrogen-bond donors (Lipinski definition) is 0. The second-order valence-corrected chi connectivity index (χ2v) is 29.7. The Bertz CT molecular complexity index is 1540. The average molecular weight is 702 g/mol. The molecule has 0 amide bonds. The van der Waals surface area contributed by atoms with Crippen molar-refractivity contribution in [3.63, 3.8) is 0 Å². The first-order valence-electron chi connectivity index (χ1n) is 12.4. The van der Waals surface area contributed by atoms with Crippen LogP contribution in [0, 0.1) is 0 Å². The molecule has 2 aliphatic rings. The first kappa shape index (κ1) is 27.9. The zero-order chi connectivity index (χ0) is 27.1. The van der Waals surface area contributed by atoms with Gasteiger partial charge in [0.1, 0.15) is 0 Å². The molecule has 0 N–H and O–H groups in total. The van der Waals surface area contributed by atoms with Crippen molar-refractivity contribution >= 4 is 67.2 Å². The van der Waals surface area contributed by atoms with Crippen LogP contribution in [0.4, 0.5) is 0 Å². The van der Waals surface area contributed by atoms with Crippen LogP contribution >= 0.6 is 56.6 Å². The Kier molecular flexibility index (Phi) is 8.01. The Morgan fingerprint density at radius 3 is 1.23 bits per heavy atom. The van der Waals surface area contributed by atoms with Crippen molar-refractivity contribution in [2.45, 2.75) is 5.73 Å². The molecule has 0 bridgehead atoms. The van der Waals surface area contributed by atoms with Crippen LogP contribution in [0.15, 0.2) is 133 Å². The number of rotatable bonds is 6. The third-order valence-electron chi connectivity index (χ3n) is 7.24. The average Bonchev–Trinajstić information content (AvgIpc) is 3.62. The van der Waals surface area contributed by atoms with E-state index < -0.39 is 23.6 Å². The van der Waals surface area contributed by atoms with E-state index in [1.807, 2.05) is 48.5 Å². The molecule has 2 unspecified atom stereocenters. The summed E-state index contributed by atoms with van der Waals surface area (Å²) in [6.07, 6.45) is 8.89. The van der Waals surface area contributed by atoms with Gasteiger partial charge in [0.05, 0.1) is 0 Å². The Morgan fingerprint density at radius 1 is 0.487 bits per heavy atom. The fourth-order valence-electron chi connectivity index (χ4n) is 5.27. The first-order chi connectivity index (χ1) is 18.9. The second-order valence-electron chi connectivity index (χ2n) is 9.46. The van der Waals surface area contributed by atoms with E-state index in [-0.39, 0.29) is 0 Å². The maximum absolute atomic E-state index is 8.08. The van der Waals surface area contributed by atoms with Crippen LogP contribution in [0.5, 0.6) is 0 Å². The summed E-state index contributed by atoms with van der Waals surface area (Å²) in [6, 6.07) is 37.0. The number of benzene rings is 4. The van der Waals surface area contributed by atoms with E-state index in [0.717, 1.165) is 59.3 Å². The van der Waals surface area contributed by atoms with Crippen molar-refractivity contribution in [2.75, 3.05) is 0 Å². The molecule has 0 saturated heterocycles. The number of allylic oxidation sites excluding steroid dienone is 4. The molecule has 0 saturated carbocycles. The summed E-state index contributed by atoms with van der Waals surface area (Å²) in [6.45, 7) is 0. The standard InChI is InChI=1S/2C16H11ClP.2ClH.Zr/c2*17-14-9-5-4-8-13(14)16-11-10-15(18-16)12-6-2-1-3-7-12;;;/h2*1-11H;2*1H;/q;;;;+2/p-2. The zero-order valence-electron chi connectivity index (χ0n) is 20.6. The minimum atomic E-state index is -4.45. The van der Waals surface area contributed by atoms with E-state index in [2.05, 4.69) is 85.0 Å². The van der Waals surface area contributed by atoms with Crippen molar-refractivity contribution in [3.05, 3.63) is 166 Å². The molecule has 192 valence electrons. The number of halogens is 4. The Balaban J connectivity index is 1.61. The van der Waals surface area contributed by atoms with Gasteiger partial charge in [-0.1, -0.05) is 0 Å². The molecule has 0 aromatic heterocycles. The molecule has 0 fully saturated rings. The number of hydrogen-bond acceptors (Lipinski definition) is 0. The Labute approximate surface area is 254 Å². The van der Waals surface area contributed by atoms with Gasteiger partial charge in [-0.3, -0.25) is 0 Å². The fraction of sp³-hybridized carbons (Fsp3) is 0.0625. The summed E-state index contributed by atoms with van der Waals surface area (Å²) in [5, 5.41) is 3.71. The Hall–Kier alpha value is -1.26. The van der Waals surface area contributed by atoms with E-state index in [9.17, 15) is 0 Å². The van der Waals surface area contributed by atoms with Gasteiger partial charge in [-0.15, -0.1) is 0 Å². The second kappa shape index (κ2) is 11.2. The monoisotopic (exact) mass is 698 g/mol. The predicted molar refractivity (Wildman–Crippen MR) is 171 cm³/mol. The molecule has 39 heavy (non-hydrogen) atoms. The van der Waals surface area contributed by atoms with Crippen LogP contribution in [0.25, 0.3) is 0 Å². The van der Waals surface area contributed by atoms with E-state index in [1.165, 1.54) is 0 Å².